The predicted molar refractivity (Wildman–Crippen MR) is 120 cm³/mol. The molecule has 164 valence electrons. The maximum Gasteiger partial charge on any atom is 0.268 e. The van der Waals surface area contributed by atoms with Crippen molar-refractivity contribution in [1.82, 2.24) is 15.4 Å². The van der Waals surface area contributed by atoms with Gasteiger partial charge in [0.1, 0.15) is 5.75 Å². The molecular formula is C22H22FN7O2. The number of nitrogens with zero attached hydrogens (tertiary/aromatic N) is 3. The van der Waals surface area contributed by atoms with E-state index in [9.17, 15) is 9.18 Å². The van der Waals surface area contributed by atoms with E-state index in [1.54, 1.807) is 32.0 Å². The Bertz CT molecular complexity index is 1230. The van der Waals surface area contributed by atoms with Crippen molar-refractivity contribution in [2.45, 2.75) is 26.0 Å². The van der Waals surface area contributed by atoms with E-state index in [1.165, 1.54) is 5.56 Å². The largest absolute Gasteiger partial charge is 0.476 e. The molecule has 0 bridgehead atoms. The van der Waals surface area contributed by atoms with Gasteiger partial charge in [-0.05, 0) is 49.7 Å². The van der Waals surface area contributed by atoms with Crippen LogP contribution < -0.4 is 31.1 Å². The molecule has 32 heavy (non-hydrogen) atoms. The molecule has 10 heteroatoms. The summed E-state index contributed by atoms with van der Waals surface area (Å²) in [6.45, 7) is 4.16. The van der Waals surface area contributed by atoms with E-state index in [2.05, 4.69) is 31.3 Å². The van der Waals surface area contributed by atoms with Gasteiger partial charge in [0.25, 0.3) is 5.91 Å². The first-order valence-corrected chi connectivity index (χ1v) is 10.1. The van der Waals surface area contributed by atoms with Gasteiger partial charge in [-0.25, -0.2) is 14.8 Å². The average molecular weight is 435 g/mol. The second-order valence-corrected chi connectivity index (χ2v) is 8.15. The van der Waals surface area contributed by atoms with Crippen LogP contribution in [0.4, 0.5) is 38.9 Å². The highest BCUT2D eigenvalue weighted by molar-refractivity contribution is 6.00. The van der Waals surface area contributed by atoms with Gasteiger partial charge in [-0.3, -0.25) is 4.79 Å². The van der Waals surface area contributed by atoms with Gasteiger partial charge in [-0.15, -0.1) is 0 Å². The highest BCUT2D eigenvalue weighted by atomic mass is 19.1. The van der Waals surface area contributed by atoms with E-state index >= 15 is 0 Å². The van der Waals surface area contributed by atoms with Gasteiger partial charge in [0.15, 0.2) is 17.2 Å². The highest BCUT2D eigenvalue weighted by Gasteiger charge is 2.35. The smallest absolute Gasteiger partial charge is 0.268 e. The monoisotopic (exact) mass is 435 g/mol. The number of hydrogen-bond acceptors (Lipinski definition) is 8. The lowest BCUT2D eigenvalue weighted by atomic mass is 10.1. The number of halogens is 1. The van der Waals surface area contributed by atoms with Crippen LogP contribution in [0.25, 0.3) is 0 Å². The molecule has 3 heterocycles. The fourth-order valence-electron chi connectivity index (χ4n) is 3.56. The normalized spacial score (nSPS) is 16.0. The third kappa shape index (κ3) is 3.65. The van der Waals surface area contributed by atoms with Gasteiger partial charge in [0.05, 0.1) is 17.6 Å². The Morgan fingerprint density at radius 1 is 1.16 bits per heavy atom. The van der Waals surface area contributed by atoms with Crippen molar-refractivity contribution in [3.05, 3.63) is 54.0 Å². The molecule has 1 amide bonds. The molecule has 0 radical (unpaired) electrons. The first-order chi connectivity index (χ1) is 15.3. The minimum absolute atomic E-state index is 0.00535. The van der Waals surface area contributed by atoms with Gasteiger partial charge < -0.3 is 25.7 Å². The fourth-order valence-corrected chi connectivity index (χ4v) is 3.56. The minimum Gasteiger partial charge on any atom is -0.476 e. The molecule has 0 aliphatic carbocycles. The lowest BCUT2D eigenvalue weighted by molar-refractivity contribution is -0.129. The molecular weight excluding hydrogens is 413 g/mol. The van der Waals surface area contributed by atoms with E-state index < -0.39 is 11.4 Å². The van der Waals surface area contributed by atoms with Crippen molar-refractivity contribution >= 4 is 40.4 Å². The zero-order valence-corrected chi connectivity index (χ0v) is 17.8. The molecule has 0 saturated carbocycles. The number of carbonyl (C=O) groups excluding carboxylic acids is 1. The fraction of sp³-hybridized carbons (Fsp3) is 0.227. The van der Waals surface area contributed by atoms with Crippen LogP contribution in [-0.4, -0.2) is 28.5 Å². The third-order valence-electron chi connectivity index (χ3n) is 5.36. The zero-order valence-electron chi connectivity index (χ0n) is 17.8. The second-order valence-electron chi connectivity index (χ2n) is 8.15. The highest BCUT2D eigenvalue weighted by Crippen LogP contribution is 2.36. The molecule has 2 aliphatic rings. The van der Waals surface area contributed by atoms with E-state index in [1.807, 2.05) is 30.3 Å². The molecule has 1 aromatic heterocycles. The van der Waals surface area contributed by atoms with Crippen LogP contribution in [0.3, 0.4) is 0 Å². The Morgan fingerprint density at radius 3 is 2.78 bits per heavy atom. The Balaban J connectivity index is 1.37. The van der Waals surface area contributed by atoms with E-state index in [0.29, 0.717) is 17.1 Å². The van der Waals surface area contributed by atoms with Gasteiger partial charge in [-0.2, -0.15) is 4.98 Å². The number of anilines is 6. The van der Waals surface area contributed by atoms with Crippen LogP contribution in [0.1, 0.15) is 19.4 Å². The molecule has 5 rings (SSSR count). The number of hydrogen-bond donors (Lipinski definition) is 4. The van der Waals surface area contributed by atoms with Gasteiger partial charge in [-0.1, -0.05) is 6.07 Å². The summed E-state index contributed by atoms with van der Waals surface area (Å²) in [5, 5.41) is 10.8. The maximum atomic E-state index is 14.4. The van der Waals surface area contributed by atoms with Crippen molar-refractivity contribution in [2.75, 3.05) is 28.0 Å². The van der Waals surface area contributed by atoms with Crippen molar-refractivity contribution < 1.29 is 13.9 Å². The number of amides is 1. The maximum absolute atomic E-state index is 14.4. The van der Waals surface area contributed by atoms with E-state index in [0.717, 1.165) is 24.1 Å². The SMILES string of the molecule is CN1NCc2ccc(Nc3ncc(F)c(Nc4ccc5c(c4)NC(=O)C(C)(C)O5)n3)cc21. The van der Waals surface area contributed by atoms with E-state index in [4.69, 9.17) is 4.74 Å². The standard InChI is InChI=1S/C22H22FN7O2/c1-22(2)20(31)28-16-8-13(6-7-18(16)32-22)26-19-15(23)11-24-21(29-19)27-14-5-4-12-10-25-30(3)17(12)9-14/h4-9,11,25H,10H2,1-3H3,(H,28,31)(H2,24,26,27,29). The summed E-state index contributed by atoms with van der Waals surface area (Å²) in [7, 11) is 1.94. The molecule has 2 aliphatic heterocycles. The molecule has 3 aromatic rings. The minimum atomic E-state index is -0.955. The number of aromatic nitrogens is 2. The van der Waals surface area contributed by atoms with Crippen LogP contribution in [0.15, 0.2) is 42.6 Å². The Hall–Kier alpha value is -3.92. The van der Waals surface area contributed by atoms with Crippen molar-refractivity contribution in [2.24, 2.45) is 0 Å². The summed E-state index contributed by atoms with van der Waals surface area (Å²) >= 11 is 0. The zero-order chi connectivity index (χ0) is 22.5. The average Bonchev–Trinajstić information content (AvgIpc) is 3.12. The number of rotatable bonds is 4. The molecule has 2 aromatic carbocycles. The lowest BCUT2D eigenvalue weighted by Gasteiger charge is -2.31. The Morgan fingerprint density at radius 2 is 1.94 bits per heavy atom. The number of benzene rings is 2. The Labute approximate surface area is 184 Å². The molecule has 4 N–H and O–H groups in total. The summed E-state index contributed by atoms with van der Waals surface area (Å²) in [6, 6.07) is 11.0. The van der Waals surface area contributed by atoms with Crippen LogP contribution in [-0.2, 0) is 11.3 Å². The number of carbonyl (C=O) groups is 1. The first kappa shape index (κ1) is 20.0. The van der Waals surface area contributed by atoms with Crippen molar-refractivity contribution in [1.29, 1.82) is 0 Å². The van der Waals surface area contributed by atoms with Crippen molar-refractivity contribution in [3.63, 3.8) is 0 Å². The quantitative estimate of drug-likeness (QED) is 0.492. The molecule has 0 saturated heterocycles. The number of ether oxygens (including phenoxy) is 1. The van der Waals surface area contributed by atoms with Crippen LogP contribution in [0.2, 0.25) is 0 Å². The first-order valence-electron chi connectivity index (χ1n) is 10.1. The molecule has 0 spiro atoms. The molecule has 0 fully saturated rings. The summed E-state index contributed by atoms with van der Waals surface area (Å²) in [6.07, 6.45) is 1.10. The third-order valence-corrected chi connectivity index (χ3v) is 5.36. The van der Waals surface area contributed by atoms with Crippen LogP contribution in [0.5, 0.6) is 5.75 Å². The second kappa shape index (κ2) is 7.34. The van der Waals surface area contributed by atoms with Gasteiger partial charge >= 0.3 is 0 Å². The predicted octanol–water partition coefficient (Wildman–Crippen LogP) is 3.67. The molecule has 0 atom stereocenters. The summed E-state index contributed by atoms with van der Waals surface area (Å²) < 4.78 is 20.1. The Kier molecular flexibility index (Phi) is 4.59. The van der Waals surface area contributed by atoms with Crippen LogP contribution >= 0.6 is 0 Å². The number of nitrogens with one attached hydrogen (secondary N) is 4. The van der Waals surface area contributed by atoms with Crippen molar-refractivity contribution in [3.8, 4) is 5.75 Å². The summed E-state index contributed by atoms with van der Waals surface area (Å²) in [5.41, 5.74) is 6.34. The number of fused-ring (bicyclic) bond motifs is 2. The number of hydrazine groups is 1. The van der Waals surface area contributed by atoms with E-state index in [-0.39, 0.29) is 17.7 Å². The topological polar surface area (TPSA) is 103 Å². The summed E-state index contributed by atoms with van der Waals surface area (Å²) in [5.74, 6) is -0.0593. The van der Waals surface area contributed by atoms with Crippen LogP contribution in [0, 0.1) is 5.82 Å². The van der Waals surface area contributed by atoms with Gasteiger partial charge in [0, 0.05) is 25.0 Å². The summed E-state index contributed by atoms with van der Waals surface area (Å²) in [4.78, 5) is 20.5. The molecule has 9 nitrogen and oxygen atoms in total. The lowest BCUT2D eigenvalue weighted by Crippen LogP contribution is -2.45. The van der Waals surface area contributed by atoms with Gasteiger partial charge in [0.2, 0.25) is 5.95 Å². The molecule has 0 unspecified atom stereocenters.